The summed E-state index contributed by atoms with van der Waals surface area (Å²) in [5.41, 5.74) is 3.89. The van der Waals surface area contributed by atoms with Crippen molar-refractivity contribution in [2.24, 2.45) is 0 Å². The molecule has 0 aliphatic carbocycles. The van der Waals surface area contributed by atoms with Crippen LogP contribution in [0.25, 0.3) is 16.7 Å². The van der Waals surface area contributed by atoms with Crippen LogP contribution in [0.1, 0.15) is 11.3 Å². The van der Waals surface area contributed by atoms with Gasteiger partial charge in [0.25, 0.3) is 5.56 Å². The van der Waals surface area contributed by atoms with Gasteiger partial charge in [-0.3, -0.25) is 4.79 Å². The fraction of sp³-hybridized carbons (Fsp3) is 0.100. The molecular weight excluding hydrogens is 348 g/mol. The van der Waals surface area contributed by atoms with E-state index in [4.69, 9.17) is 11.6 Å². The SMILES string of the molecule is Cc1nn(-c2ccc(Cl)cc2)c2[nH]c(=O)c(CNc3ccccc3)cc12. The molecule has 0 aliphatic heterocycles. The molecule has 0 atom stereocenters. The predicted octanol–water partition coefficient (Wildman–Crippen LogP) is 4.29. The van der Waals surface area contributed by atoms with Crippen molar-refractivity contribution in [3.63, 3.8) is 0 Å². The van der Waals surface area contributed by atoms with Crippen LogP contribution in [0.4, 0.5) is 5.69 Å². The van der Waals surface area contributed by atoms with Gasteiger partial charge in [-0.15, -0.1) is 0 Å². The van der Waals surface area contributed by atoms with Crippen LogP contribution in [0.5, 0.6) is 0 Å². The molecule has 26 heavy (non-hydrogen) atoms. The lowest BCUT2D eigenvalue weighted by atomic mass is 10.2. The Bertz CT molecular complexity index is 1110. The van der Waals surface area contributed by atoms with Gasteiger partial charge in [0.15, 0.2) is 0 Å². The maximum absolute atomic E-state index is 12.5. The average Bonchev–Trinajstić information content (AvgIpc) is 2.97. The first kappa shape index (κ1) is 16.4. The molecule has 0 spiro atoms. The third kappa shape index (κ3) is 3.09. The lowest BCUT2D eigenvalue weighted by molar-refractivity contribution is 0.874. The van der Waals surface area contributed by atoms with E-state index in [1.165, 1.54) is 0 Å². The Labute approximate surface area is 155 Å². The van der Waals surface area contributed by atoms with E-state index in [0.29, 0.717) is 22.8 Å². The number of para-hydroxylation sites is 1. The number of benzene rings is 2. The van der Waals surface area contributed by atoms with Crippen molar-refractivity contribution in [3.05, 3.63) is 87.3 Å². The van der Waals surface area contributed by atoms with E-state index in [1.807, 2.05) is 55.5 Å². The first-order valence-corrected chi connectivity index (χ1v) is 8.66. The second-order valence-corrected chi connectivity index (χ2v) is 6.52. The molecule has 4 aromatic rings. The molecule has 0 aliphatic rings. The van der Waals surface area contributed by atoms with Gasteiger partial charge in [0, 0.05) is 28.2 Å². The smallest absolute Gasteiger partial charge is 0.254 e. The van der Waals surface area contributed by atoms with Crippen LogP contribution in [-0.4, -0.2) is 14.8 Å². The number of anilines is 1. The summed E-state index contributed by atoms with van der Waals surface area (Å²) in [7, 11) is 0. The Kier molecular flexibility index (Phi) is 4.22. The van der Waals surface area contributed by atoms with Crippen molar-refractivity contribution in [3.8, 4) is 5.69 Å². The van der Waals surface area contributed by atoms with Crippen molar-refractivity contribution in [1.82, 2.24) is 14.8 Å². The molecule has 2 aromatic heterocycles. The van der Waals surface area contributed by atoms with Crippen molar-refractivity contribution in [2.75, 3.05) is 5.32 Å². The van der Waals surface area contributed by atoms with E-state index in [0.717, 1.165) is 22.5 Å². The van der Waals surface area contributed by atoms with Crippen molar-refractivity contribution in [1.29, 1.82) is 0 Å². The van der Waals surface area contributed by atoms with E-state index in [2.05, 4.69) is 15.4 Å². The van der Waals surface area contributed by atoms with Crippen molar-refractivity contribution >= 4 is 28.3 Å². The van der Waals surface area contributed by atoms with Gasteiger partial charge < -0.3 is 10.3 Å². The van der Waals surface area contributed by atoms with Gasteiger partial charge in [-0.25, -0.2) is 4.68 Å². The Hall–Kier alpha value is -3.05. The van der Waals surface area contributed by atoms with Gasteiger partial charge in [0.05, 0.1) is 11.4 Å². The van der Waals surface area contributed by atoms with Gasteiger partial charge >= 0.3 is 0 Å². The van der Waals surface area contributed by atoms with E-state index in [-0.39, 0.29) is 5.56 Å². The Morgan fingerprint density at radius 1 is 1.12 bits per heavy atom. The van der Waals surface area contributed by atoms with Gasteiger partial charge in [-0.05, 0) is 49.4 Å². The number of hydrogen-bond acceptors (Lipinski definition) is 3. The van der Waals surface area contributed by atoms with E-state index < -0.39 is 0 Å². The van der Waals surface area contributed by atoms with Gasteiger partial charge in [0.1, 0.15) is 5.65 Å². The van der Waals surface area contributed by atoms with E-state index >= 15 is 0 Å². The fourth-order valence-electron chi connectivity index (χ4n) is 2.91. The molecule has 2 aromatic carbocycles. The van der Waals surface area contributed by atoms with Crippen LogP contribution < -0.4 is 10.9 Å². The highest BCUT2D eigenvalue weighted by Crippen LogP contribution is 2.21. The highest BCUT2D eigenvalue weighted by molar-refractivity contribution is 6.30. The van der Waals surface area contributed by atoms with E-state index in [9.17, 15) is 4.79 Å². The summed E-state index contributed by atoms with van der Waals surface area (Å²) >= 11 is 5.96. The summed E-state index contributed by atoms with van der Waals surface area (Å²) in [4.78, 5) is 15.5. The third-order valence-corrected chi connectivity index (χ3v) is 4.53. The standard InChI is InChI=1S/C20H17ClN4O/c1-13-18-11-14(12-22-16-5-3-2-4-6-16)20(26)23-19(18)25(24-13)17-9-7-15(21)8-10-17/h2-11,22H,12H2,1H3,(H,23,26). The number of halogens is 1. The topological polar surface area (TPSA) is 62.7 Å². The Morgan fingerprint density at radius 3 is 2.58 bits per heavy atom. The second kappa shape index (κ2) is 6.69. The van der Waals surface area contributed by atoms with Gasteiger partial charge in [-0.2, -0.15) is 5.10 Å². The maximum Gasteiger partial charge on any atom is 0.254 e. The van der Waals surface area contributed by atoms with Crippen LogP contribution in [0, 0.1) is 6.92 Å². The van der Waals surface area contributed by atoms with Gasteiger partial charge in [-0.1, -0.05) is 29.8 Å². The van der Waals surface area contributed by atoms with Crippen molar-refractivity contribution in [2.45, 2.75) is 13.5 Å². The minimum absolute atomic E-state index is 0.129. The maximum atomic E-state index is 12.5. The van der Waals surface area contributed by atoms with Crippen LogP contribution in [0.2, 0.25) is 5.02 Å². The van der Waals surface area contributed by atoms with Gasteiger partial charge in [0.2, 0.25) is 0 Å². The van der Waals surface area contributed by atoms with Crippen LogP contribution in [0.15, 0.2) is 65.5 Å². The van der Waals surface area contributed by atoms with Crippen LogP contribution in [-0.2, 0) is 6.54 Å². The second-order valence-electron chi connectivity index (χ2n) is 6.08. The molecule has 0 bridgehead atoms. The molecule has 0 saturated carbocycles. The summed E-state index contributed by atoms with van der Waals surface area (Å²) in [5.74, 6) is 0. The average molecular weight is 365 g/mol. The molecule has 0 saturated heterocycles. The lowest BCUT2D eigenvalue weighted by Crippen LogP contribution is -2.16. The molecule has 4 rings (SSSR count). The minimum Gasteiger partial charge on any atom is -0.381 e. The zero-order chi connectivity index (χ0) is 18.1. The monoisotopic (exact) mass is 364 g/mol. The molecular formula is C20H17ClN4O. The zero-order valence-electron chi connectivity index (χ0n) is 14.2. The number of nitrogens with zero attached hydrogens (tertiary/aromatic N) is 2. The summed E-state index contributed by atoms with van der Waals surface area (Å²) in [5, 5.41) is 9.42. The first-order chi connectivity index (χ1) is 12.6. The Morgan fingerprint density at radius 2 is 1.85 bits per heavy atom. The van der Waals surface area contributed by atoms with E-state index in [1.54, 1.807) is 16.8 Å². The largest absolute Gasteiger partial charge is 0.381 e. The molecule has 130 valence electrons. The number of aromatic nitrogens is 3. The molecule has 2 N–H and O–H groups in total. The highest BCUT2D eigenvalue weighted by Gasteiger charge is 2.13. The molecule has 0 unspecified atom stereocenters. The first-order valence-electron chi connectivity index (χ1n) is 8.28. The molecule has 0 amide bonds. The molecule has 5 nitrogen and oxygen atoms in total. The summed E-state index contributed by atoms with van der Waals surface area (Å²) in [6.45, 7) is 2.38. The van der Waals surface area contributed by atoms with Crippen LogP contribution >= 0.6 is 11.6 Å². The third-order valence-electron chi connectivity index (χ3n) is 4.28. The number of hydrogen-bond donors (Lipinski definition) is 2. The number of aryl methyl sites for hydroxylation is 1. The predicted molar refractivity (Wildman–Crippen MR) is 105 cm³/mol. The molecule has 0 radical (unpaired) electrons. The number of aromatic amines is 1. The minimum atomic E-state index is -0.129. The Balaban J connectivity index is 1.72. The molecule has 2 heterocycles. The zero-order valence-corrected chi connectivity index (χ0v) is 14.9. The summed E-state index contributed by atoms with van der Waals surface area (Å²) < 4.78 is 1.73. The number of nitrogens with one attached hydrogen (secondary N) is 2. The summed E-state index contributed by atoms with van der Waals surface area (Å²) in [6.07, 6.45) is 0. The lowest BCUT2D eigenvalue weighted by Gasteiger charge is -2.07. The quantitative estimate of drug-likeness (QED) is 0.568. The number of H-pyrrole nitrogens is 1. The normalized spacial score (nSPS) is 11.0. The number of pyridine rings is 1. The highest BCUT2D eigenvalue weighted by atomic mass is 35.5. The van der Waals surface area contributed by atoms with Crippen molar-refractivity contribution < 1.29 is 0 Å². The number of rotatable bonds is 4. The molecule has 0 fully saturated rings. The number of fused-ring (bicyclic) bond motifs is 1. The van der Waals surface area contributed by atoms with Crippen LogP contribution in [0.3, 0.4) is 0 Å². The molecule has 6 heteroatoms. The summed E-state index contributed by atoms with van der Waals surface area (Å²) in [6, 6.07) is 19.1. The fourth-order valence-corrected chi connectivity index (χ4v) is 3.04.